The Hall–Kier alpha value is -0.990. The van der Waals surface area contributed by atoms with Crippen LogP contribution in [0.1, 0.15) is 9.75 Å². The number of aliphatic hydroxyl groups is 3. The molecule has 6 nitrogen and oxygen atoms in total. The molecule has 102 valence electrons. The predicted molar refractivity (Wildman–Crippen MR) is 66.5 cm³/mol. The lowest BCUT2D eigenvalue weighted by molar-refractivity contribution is -0.136. The molecule has 1 aromatic heterocycles. The van der Waals surface area contributed by atoms with Crippen LogP contribution in [-0.4, -0.2) is 51.8 Å². The largest absolute Gasteiger partial charge is 0.481 e. The monoisotopic (exact) mass is 275 g/mol. The van der Waals surface area contributed by atoms with Crippen LogP contribution in [-0.2, 0) is 17.8 Å². The standard InChI is InChI=1S/C11H17NO5S/c13-5-11(6-14,7-15)12-4-9-2-1-8(18-9)3-10(16)17/h1-2,12-15H,3-7H2,(H,16,17). The molecule has 7 heteroatoms. The second kappa shape index (κ2) is 6.81. The Morgan fingerprint density at radius 3 is 2.22 bits per heavy atom. The number of hydrogen-bond acceptors (Lipinski definition) is 6. The molecule has 0 saturated carbocycles. The number of aliphatic hydroxyl groups excluding tert-OH is 3. The molecule has 0 radical (unpaired) electrons. The molecule has 0 bridgehead atoms. The van der Waals surface area contributed by atoms with E-state index in [1.54, 1.807) is 12.1 Å². The first-order valence-corrected chi connectivity index (χ1v) is 6.24. The number of carboxylic acid groups (broad SMARTS) is 1. The van der Waals surface area contributed by atoms with Gasteiger partial charge in [0.05, 0.1) is 31.8 Å². The fourth-order valence-corrected chi connectivity index (χ4v) is 2.30. The Morgan fingerprint density at radius 1 is 1.17 bits per heavy atom. The van der Waals surface area contributed by atoms with E-state index in [1.165, 1.54) is 11.3 Å². The van der Waals surface area contributed by atoms with Gasteiger partial charge in [0.1, 0.15) is 0 Å². The number of carboxylic acids is 1. The summed E-state index contributed by atoms with van der Waals surface area (Å²) in [5.41, 5.74) is -1.11. The van der Waals surface area contributed by atoms with E-state index in [-0.39, 0.29) is 26.2 Å². The molecular formula is C11H17NO5S. The third-order valence-electron chi connectivity index (χ3n) is 2.59. The van der Waals surface area contributed by atoms with Crippen LogP contribution in [0.3, 0.4) is 0 Å². The summed E-state index contributed by atoms with van der Waals surface area (Å²) >= 11 is 1.35. The number of thiophene rings is 1. The van der Waals surface area contributed by atoms with Crippen molar-refractivity contribution in [2.75, 3.05) is 19.8 Å². The Kier molecular flexibility index (Phi) is 5.70. The zero-order chi connectivity index (χ0) is 13.6. The average molecular weight is 275 g/mol. The molecule has 1 aromatic rings. The van der Waals surface area contributed by atoms with E-state index in [0.29, 0.717) is 6.54 Å². The molecule has 5 N–H and O–H groups in total. The number of carbonyl (C=O) groups is 1. The highest BCUT2D eigenvalue weighted by Crippen LogP contribution is 2.18. The smallest absolute Gasteiger partial charge is 0.308 e. The predicted octanol–water partition coefficient (Wildman–Crippen LogP) is -0.820. The van der Waals surface area contributed by atoms with Crippen molar-refractivity contribution in [3.63, 3.8) is 0 Å². The Bertz CT molecular complexity index is 380. The highest BCUT2D eigenvalue weighted by Gasteiger charge is 2.27. The maximum atomic E-state index is 10.5. The maximum Gasteiger partial charge on any atom is 0.308 e. The van der Waals surface area contributed by atoms with Gasteiger partial charge in [-0.3, -0.25) is 4.79 Å². The zero-order valence-corrected chi connectivity index (χ0v) is 10.6. The van der Waals surface area contributed by atoms with Gasteiger partial charge in [-0.25, -0.2) is 0 Å². The molecule has 0 aliphatic heterocycles. The number of hydrogen-bond donors (Lipinski definition) is 5. The van der Waals surface area contributed by atoms with Crippen LogP contribution in [0.15, 0.2) is 12.1 Å². The molecule has 1 heterocycles. The summed E-state index contributed by atoms with van der Waals surface area (Å²) < 4.78 is 0. The van der Waals surface area contributed by atoms with Crippen LogP contribution in [0.2, 0.25) is 0 Å². The van der Waals surface area contributed by atoms with Gasteiger partial charge < -0.3 is 25.7 Å². The van der Waals surface area contributed by atoms with Gasteiger partial charge in [-0.1, -0.05) is 0 Å². The van der Waals surface area contributed by atoms with Crippen molar-refractivity contribution in [2.24, 2.45) is 0 Å². The van der Waals surface area contributed by atoms with Gasteiger partial charge in [-0.15, -0.1) is 11.3 Å². The summed E-state index contributed by atoms with van der Waals surface area (Å²) in [5.74, 6) is -0.883. The Balaban J connectivity index is 2.57. The number of rotatable bonds is 8. The second-order valence-electron chi connectivity index (χ2n) is 4.05. The fourth-order valence-electron chi connectivity index (χ4n) is 1.35. The molecule has 0 aliphatic carbocycles. The minimum atomic E-state index is -1.11. The SMILES string of the molecule is O=C(O)Cc1ccc(CNC(CO)(CO)CO)s1. The van der Waals surface area contributed by atoms with Crippen molar-refractivity contribution in [3.05, 3.63) is 21.9 Å². The van der Waals surface area contributed by atoms with Crippen LogP contribution in [0.5, 0.6) is 0 Å². The quantitative estimate of drug-likeness (QED) is 0.424. The van der Waals surface area contributed by atoms with Crippen LogP contribution in [0.25, 0.3) is 0 Å². The summed E-state index contributed by atoms with van der Waals surface area (Å²) in [7, 11) is 0. The Morgan fingerprint density at radius 2 is 1.72 bits per heavy atom. The van der Waals surface area contributed by atoms with Crippen LogP contribution in [0, 0.1) is 0 Å². The first-order chi connectivity index (χ1) is 8.55. The van der Waals surface area contributed by atoms with Gasteiger partial charge in [0, 0.05) is 16.3 Å². The third kappa shape index (κ3) is 4.04. The topological polar surface area (TPSA) is 110 Å². The zero-order valence-electron chi connectivity index (χ0n) is 9.80. The minimum absolute atomic E-state index is 0.0180. The molecule has 0 aliphatic rings. The average Bonchev–Trinajstić information content (AvgIpc) is 2.78. The van der Waals surface area contributed by atoms with Crippen molar-refractivity contribution in [3.8, 4) is 0 Å². The summed E-state index contributed by atoms with van der Waals surface area (Å²) in [6, 6.07) is 3.52. The molecule has 0 spiro atoms. The van der Waals surface area contributed by atoms with Gasteiger partial charge in [-0.2, -0.15) is 0 Å². The van der Waals surface area contributed by atoms with E-state index in [4.69, 9.17) is 20.4 Å². The first-order valence-electron chi connectivity index (χ1n) is 5.42. The summed E-state index contributed by atoms with van der Waals surface area (Å²) in [6.45, 7) is -0.792. The number of nitrogens with one attached hydrogen (secondary N) is 1. The Labute approximate surface area is 109 Å². The van der Waals surface area contributed by atoms with Crippen LogP contribution >= 0.6 is 11.3 Å². The van der Waals surface area contributed by atoms with Gasteiger partial charge in [-0.05, 0) is 12.1 Å². The lowest BCUT2D eigenvalue weighted by Crippen LogP contribution is -2.54. The highest BCUT2D eigenvalue weighted by molar-refractivity contribution is 7.12. The molecule has 0 aromatic carbocycles. The van der Waals surface area contributed by atoms with Crippen molar-refractivity contribution >= 4 is 17.3 Å². The van der Waals surface area contributed by atoms with E-state index < -0.39 is 11.5 Å². The van der Waals surface area contributed by atoms with Gasteiger partial charge in [0.25, 0.3) is 0 Å². The highest BCUT2D eigenvalue weighted by atomic mass is 32.1. The lowest BCUT2D eigenvalue weighted by Gasteiger charge is -2.28. The maximum absolute atomic E-state index is 10.5. The van der Waals surface area contributed by atoms with Crippen molar-refractivity contribution in [1.82, 2.24) is 5.32 Å². The van der Waals surface area contributed by atoms with E-state index >= 15 is 0 Å². The molecule has 18 heavy (non-hydrogen) atoms. The third-order valence-corrected chi connectivity index (χ3v) is 3.67. The van der Waals surface area contributed by atoms with E-state index in [0.717, 1.165) is 9.75 Å². The molecule has 0 atom stereocenters. The van der Waals surface area contributed by atoms with Crippen molar-refractivity contribution < 1.29 is 25.2 Å². The molecule has 0 fully saturated rings. The molecule has 1 rings (SSSR count). The minimum Gasteiger partial charge on any atom is -0.481 e. The molecule has 0 unspecified atom stereocenters. The van der Waals surface area contributed by atoms with Crippen LogP contribution < -0.4 is 5.32 Å². The lowest BCUT2D eigenvalue weighted by atomic mass is 10.0. The molecule has 0 amide bonds. The normalized spacial score (nSPS) is 11.7. The van der Waals surface area contributed by atoms with E-state index in [2.05, 4.69) is 5.32 Å². The molecule has 0 saturated heterocycles. The summed E-state index contributed by atoms with van der Waals surface area (Å²) in [6.07, 6.45) is -0.0180. The van der Waals surface area contributed by atoms with Gasteiger partial charge in [0.15, 0.2) is 0 Å². The van der Waals surface area contributed by atoms with E-state index in [1.807, 2.05) is 0 Å². The van der Waals surface area contributed by atoms with E-state index in [9.17, 15) is 4.79 Å². The van der Waals surface area contributed by atoms with Gasteiger partial charge in [0.2, 0.25) is 0 Å². The second-order valence-corrected chi connectivity index (χ2v) is 5.30. The van der Waals surface area contributed by atoms with Crippen molar-refractivity contribution in [2.45, 2.75) is 18.5 Å². The van der Waals surface area contributed by atoms with Crippen molar-refractivity contribution in [1.29, 1.82) is 0 Å². The summed E-state index contributed by atoms with van der Waals surface area (Å²) in [4.78, 5) is 12.1. The summed E-state index contributed by atoms with van der Waals surface area (Å²) in [5, 5.41) is 38.9. The molecular weight excluding hydrogens is 258 g/mol. The number of aliphatic carboxylic acids is 1. The van der Waals surface area contributed by atoms with Crippen LogP contribution in [0.4, 0.5) is 0 Å². The fraction of sp³-hybridized carbons (Fsp3) is 0.545. The van der Waals surface area contributed by atoms with Gasteiger partial charge >= 0.3 is 5.97 Å². The first kappa shape index (κ1) is 15.1.